The van der Waals surface area contributed by atoms with Gasteiger partial charge in [-0.2, -0.15) is 0 Å². The molecule has 1 unspecified atom stereocenters. The fourth-order valence-electron chi connectivity index (χ4n) is 1.91. The molecule has 0 bridgehead atoms. The summed E-state index contributed by atoms with van der Waals surface area (Å²) >= 11 is 0. The minimum atomic E-state index is -0.468. The van der Waals surface area contributed by atoms with Crippen LogP contribution < -0.4 is 15.8 Å². The van der Waals surface area contributed by atoms with Crippen molar-refractivity contribution in [2.75, 3.05) is 7.11 Å². The van der Waals surface area contributed by atoms with Crippen LogP contribution in [0.4, 0.5) is 0 Å². The smallest absolute Gasteiger partial charge is 0.222 e. The summed E-state index contributed by atoms with van der Waals surface area (Å²) in [7, 11) is 1.65. The molecule has 0 aliphatic carbocycles. The molecule has 19 heavy (non-hydrogen) atoms. The zero-order valence-electron chi connectivity index (χ0n) is 12.2. The Morgan fingerprint density at radius 1 is 1.37 bits per heavy atom. The highest BCUT2D eigenvalue weighted by Gasteiger charge is 2.17. The Hall–Kier alpha value is -1.55. The topological polar surface area (TPSA) is 64.3 Å². The summed E-state index contributed by atoms with van der Waals surface area (Å²) in [5.41, 5.74) is 6.52. The van der Waals surface area contributed by atoms with Crippen LogP contribution >= 0.6 is 0 Å². The fraction of sp³-hybridized carbons (Fsp3) is 0.533. The van der Waals surface area contributed by atoms with E-state index in [2.05, 4.69) is 5.32 Å². The molecule has 1 rings (SSSR count). The number of nitrogens with one attached hydrogen (secondary N) is 1. The number of methoxy groups -OCH3 is 1. The van der Waals surface area contributed by atoms with Crippen molar-refractivity contribution in [2.45, 2.75) is 45.2 Å². The molecule has 4 nitrogen and oxygen atoms in total. The van der Waals surface area contributed by atoms with E-state index >= 15 is 0 Å². The molecule has 0 aliphatic rings. The van der Waals surface area contributed by atoms with Crippen LogP contribution in [0.15, 0.2) is 24.3 Å². The first-order valence-electron chi connectivity index (χ1n) is 6.51. The number of hydrogen-bond donors (Lipinski definition) is 2. The minimum absolute atomic E-state index is 0.00601. The number of amides is 1. The summed E-state index contributed by atoms with van der Waals surface area (Å²) in [6, 6.07) is 7.95. The van der Waals surface area contributed by atoms with E-state index in [1.165, 1.54) is 5.56 Å². The third kappa shape index (κ3) is 6.25. The zero-order valence-corrected chi connectivity index (χ0v) is 12.2. The Balaban J connectivity index is 2.46. The number of hydrogen-bond acceptors (Lipinski definition) is 3. The van der Waals surface area contributed by atoms with Gasteiger partial charge in [-0.25, -0.2) is 0 Å². The van der Waals surface area contributed by atoms with Gasteiger partial charge < -0.3 is 15.8 Å². The fourth-order valence-corrected chi connectivity index (χ4v) is 1.91. The van der Waals surface area contributed by atoms with E-state index < -0.39 is 5.54 Å². The lowest BCUT2D eigenvalue weighted by Crippen LogP contribution is -2.42. The molecule has 0 aliphatic heterocycles. The SMILES string of the molecule is COc1ccc(CC(C)NC(=O)CC(C)(C)N)cc1. The van der Waals surface area contributed by atoms with Crippen molar-refractivity contribution >= 4 is 5.91 Å². The number of nitrogens with two attached hydrogens (primary N) is 1. The van der Waals surface area contributed by atoms with Gasteiger partial charge in [0, 0.05) is 18.0 Å². The average Bonchev–Trinajstić information content (AvgIpc) is 2.27. The van der Waals surface area contributed by atoms with Crippen LogP contribution in [0.3, 0.4) is 0 Å². The van der Waals surface area contributed by atoms with E-state index in [0.717, 1.165) is 12.2 Å². The zero-order chi connectivity index (χ0) is 14.5. The van der Waals surface area contributed by atoms with Crippen molar-refractivity contribution in [2.24, 2.45) is 5.73 Å². The molecule has 1 aromatic rings. The van der Waals surface area contributed by atoms with Crippen LogP contribution in [-0.2, 0) is 11.2 Å². The molecule has 0 saturated heterocycles. The third-order valence-corrected chi connectivity index (χ3v) is 2.72. The van der Waals surface area contributed by atoms with Crippen molar-refractivity contribution in [3.63, 3.8) is 0 Å². The number of carbonyl (C=O) groups is 1. The predicted octanol–water partition coefficient (Wildman–Crippen LogP) is 1.87. The van der Waals surface area contributed by atoms with Gasteiger partial charge in [-0.15, -0.1) is 0 Å². The van der Waals surface area contributed by atoms with Crippen LogP contribution in [0.1, 0.15) is 32.8 Å². The molecule has 1 amide bonds. The van der Waals surface area contributed by atoms with E-state index in [1.807, 2.05) is 45.0 Å². The number of rotatable bonds is 6. The van der Waals surface area contributed by atoms with E-state index in [1.54, 1.807) is 7.11 Å². The van der Waals surface area contributed by atoms with E-state index in [-0.39, 0.29) is 11.9 Å². The van der Waals surface area contributed by atoms with Crippen molar-refractivity contribution in [1.29, 1.82) is 0 Å². The molecule has 0 radical (unpaired) electrons. The molecule has 0 spiro atoms. The molecule has 1 aromatic carbocycles. The van der Waals surface area contributed by atoms with Crippen molar-refractivity contribution in [3.05, 3.63) is 29.8 Å². The first kappa shape index (κ1) is 15.5. The molecule has 106 valence electrons. The van der Waals surface area contributed by atoms with Crippen molar-refractivity contribution in [3.8, 4) is 5.75 Å². The third-order valence-electron chi connectivity index (χ3n) is 2.72. The largest absolute Gasteiger partial charge is 0.497 e. The normalized spacial score (nSPS) is 12.9. The molecule has 0 heterocycles. The van der Waals surface area contributed by atoms with Crippen LogP contribution in [0, 0.1) is 0 Å². The molecule has 0 saturated carbocycles. The standard InChI is InChI=1S/C15H24N2O2/c1-11(17-14(18)10-15(2,3)16)9-12-5-7-13(19-4)8-6-12/h5-8,11H,9-10,16H2,1-4H3,(H,17,18). The van der Waals surface area contributed by atoms with Gasteiger partial charge in [0.25, 0.3) is 0 Å². The summed E-state index contributed by atoms with van der Waals surface area (Å²) < 4.78 is 5.11. The van der Waals surface area contributed by atoms with Gasteiger partial charge >= 0.3 is 0 Å². The first-order chi connectivity index (χ1) is 8.80. The lowest BCUT2D eigenvalue weighted by Gasteiger charge is -2.20. The maximum atomic E-state index is 11.7. The molecule has 4 heteroatoms. The Morgan fingerprint density at radius 3 is 2.42 bits per heavy atom. The average molecular weight is 264 g/mol. The second kappa shape index (κ2) is 6.57. The first-order valence-corrected chi connectivity index (χ1v) is 6.51. The highest BCUT2D eigenvalue weighted by Crippen LogP contribution is 2.13. The Labute approximate surface area is 115 Å². The Bertz CT molecular complexity index is 407. The summed E-state index contributed by atoms with van der Waals surface area (Å²) in [4.78, 5) is 11.7. The van der Waals surface area contributed by atoms with Crippen molar-refractivity contribution < 1.29 is 9.53 Å². The van der Waals surface area contributed by atoms with Gasteiger partial charge in [0.05, 0.1) is 7.11 Å². The van der Waals surface area contributed by atoms with Crippen LogP contribution in [0.5, 0.6) is 5.75 Å². The monoisotopic (exact) mass is 264 g/mol. The minimum Gasteiger partial charge on any atom is -0.497 e. The Morgan fingerprint density at radius 2 is 1.95 bits per heavy atom. The lowest BCUT2D eigenvalue weighted by atomic mass is 10.0. The lowest BCUT2D eigenvalue weighted by molar-refractivity contribution is -0.122. The second-order valence-corrected chi connectivity index (χ2v) is 5.69. The van der Waals surface area contributed by atoms with Gasteiger partial charge in [-0.05, 0) is 44.9 Å². The van der Waals surface area contributed by atoms with Crippen molar-refractivity contribution in [1.82, 2.24) is 5.32 Å². The highest BCUT2D eigenvalue weighted by atomic mass is 16.5. The number of carbonyl (C=O) groups excluding carboxylic acids is 1. The van der Waals surface area contributed by atoms with E-state index in [0.29, 0.717) is 6.42 Å². The second-order valence-electron chi connectivity index (χ2n) is 5.69. The quantitative estimate of drug-likeness (QED) is 0.824. The maximum Gasteiger partial charge on any atom is 0.222 e. The summed E-state index contributed by atoms with van der Waals surface area (Å²) in [6.45, 7) is 5.69. The van der Waals surface area contributed by atoms with Crippen LogP contribution in [0.2, 0.25) is 0 Å². The summed E-state index contributed by atoms with van der Waals surface area (Å²) in [6.07, 6.45) is 1.13. The summed E-state index contributed by atoms with van der Waals surface area (Å²) in [5, 5.41) is 2.96. The van der Waals surface area contributed by atoms with E-state index in [4.69, 9.17) is 10.5 Å². The molecule has 0 aromatic heterocycles. The highest BCUT2D eigenvalue weighted by molar-refractivity contribution is 5.77. The van der Waals surface area contributed by atoms with Gasteiger partial charge in [-0.1, -0.05) is 12.1 Å². The van der Waals surface area contributed by atoms with Crippen LogP contribution in [0.25, 0.3) is 0 Å². The Kier molecular flexibility index (Phi) is 5.36. The predicted molar refractivity (Wildman–Crippen MR) is 77.2 cm³/mol. The molecule has 0 fully saturated rings. The number of benzene rings is 1. The summed E-state index contributed by atoms with van der Waals surface area (Å²) in [5.74, 6) is 0.832. The van der Waals surface area contributed by atoms with E-state index in [9.17, 15) is 4.79 Å². The van der Waals surface area contributed by atoms with Gasteiger partial charge in [0.15, 0.2) is 0 Å². The molecule has 1 atom stereocenters. The molecular formula is C15H24N2O2. The van der Waals surface area contributed by atoms with Gasteiger partial charge in [0.1, 0.15) is 5.75 Å². The number of ether oxygens (including phenoxy) is 1. The van der Waals surface area contributed by atoms with Gasteiger partial charge in [0.2, 0.25) is 5.91 Å². The molecular weight excluding hydrogens is 240 g/mol. The van der Waals surface area contributed by atoms with Gasteiger partial charge in [-0.3, -0.25) is 4.79 Å². The van der Waals surface area contributed by atoms with Crippen LogP contribution in [-0.4, -0.2) is 24.6 Å². The molecule has 3 N–H and O–H groups in total. The maximum absolute atomic E-state index is 11.7.